The molecule has 1 aliphatic rings. The van der Waals surface area contributed by atoms with E-state index in [4.69, 9.17) is 0 Å². The van der Waals surface area contributed by atoms with Gasteiger partial charge in [0.05, 0.1) is 0 Å². The number of aromatic nitrogens is 3. The van der Waals surface area contributed by atoms with Crippen LogP contribution in [0.2, 0.25) is 0 Å². The molecule has 6 nitrogen and oxygen atoms in total. The van der Waals surface area contributed by atoms with E-state index in [0.717, 1.165) is 24.1 Å². The van der Waals surface area contributed by atoms with Crippen molar-refractivity contribution < 1.29 is 4.79 Å². The lowest BCUT2D eigenvalue weighted by Crippen LogP contribution is -2.17. The van der Waals surface area contributed by atoms with Crippen LogP contribution in [0.4, 0.5) is 17.6 Å². The molecule has 1 amide bonds. The van der Waals surface area contributed by atoms with Crippen molar-refractivity contribution in [1.29, 1.82) is 0 Å². The number of carbonyl (C=O) groups excluding carboxylic acids is 1. The maximum Gasteiger partial charge on any atom is 0.234 e. The predicted molar refractivity (Wildman–Crippen MR) is 96.3 cm³/mol. The number of benzene rings is 2. The standard InChI is InChI=1S/C19H17N5O/c25-17(14-11-12-14)23-19-22-16(13-7-3-1-4-8-13)21-18(24-19)20-15-9-5-2-6-10-15/h1-10,14H,11-12H2,(H2,20,21,22,23,24,25). The van der Waals surface area contributed by atoms with Gasteiger partial charge in [-0.25, -0.2) is 0 Å². The normalized spacial score (nSPS) is 13.3. The molecule has 1 fully saturated rings. The zero-order valence-electron chi connectivity index (χ0n) is 13.5. The first kappa shape index (κ1) is 15.3. The summed E-state index contributed by atoms with van der Waals surface area (Å²) in [6.07, 6.45) is 1.86. The highest BCUT2D eigenvalue weighted by atomic mass is 16.2. The fourth-order valence-electron chi connectivity index (χ4n) is 2.41. The number of carbonyl (C=O) groups is 1. The predicted octanol–water partition coefficient (Wildman–Crippen LogP) is 3.63. The molecule has 0 bridgehead atoms. The molecule has 1 aromatic heterocycles. The van der Waals surface area contributed by atoms with E-state index in [-0.39, 0.29) is 17.8 Å². The lowest BCUT2D eigenvalue weighted by molar-refractivity contribution is -0.117. The Bertz CT molecular complexity index is 879. The molecule has 6 heteroatoms. The molecule has 1 heterocycles. The summed E-state index contributed by atoms with van der Waals surface area (Å²) >= 11 is 0. The maximum atomic E-state index is 12.1. The summed E-state index contributed by atoms with van der Waals surface area (Å²) in [4.78, 5) is 25.3. The van der Waals surface area contributed by atoms with Crippen LogP contribution in [-0.4, -0.2) is 20.9 Å². The van der Waals surface area contributed by atoms with Gasteiger partial charge in [-0.05, 0) is 25.0 Å². The number of rotatable bonds is 5. The van der Waals surface area contributed by atoms with Crippen LogP contribution in [0.15, 0.2) is 60.7 Å². The highest BCUT2D eigenvalue weighted by Crippen LogP contribution is 2.30. The third kappa shape index (κ3) is 3.80. The van der Waals surface area contributed by atoms with Crippen LogP contribution in [-0.2, 0) is 4.79 Å². The van der Waals surface area contributed by atoms with E-state index < -0.39 is 0 Å². The highest BCUT2D eigenvalue weighted by Gasteiger charge is 2.30. The summed E-state index contributed by atoms with van der Waals surface area (Å²) in [5.74, 6) is 1.23. The van der Waals surface area contributed by atoms with Gasteiger partial charge in [-0.2, -0.15) is 15.0 Å². The quantitative estimate of drug-likeness (QED) is 0.746. The van der Waals surface area contributed by atoms with Gasteiger partial charge in [0.25, 0.3) is 0 Å². The second kappa shape index (κ2) is 6.68. The second-order valence-electron chi connectivity index (χ2n) is 5.93. The molecule has 0 radical (unpaired) electrons. The Hall–Kier alpha value is -3.28. The van der Waals surface area contributed by atoms with E-state index >= 15 is 0 Å². The van der Waals surface area contributed by atoms with Crippen molar-refractivity contribution in [1.82, 2.24) is 15.0 Å². The SMILES string of the molecule is O=C(Nc1nc(Nc2ccccc2)nc(-c2ccccc2)n1)C1CC1. The zero-order valence-corrected chi connectivity index (χ0v) is 13.5. The molecule has 0 unspecified atom stereocenters. The van der Waals surface area contributed by atoms with Crippen LogP contribution in [0.5, 0.6) is 0 Å². The largest absolute Gasteiger partial charge is 0.324 e. The van der Waals surface area contributed by atoms with Crippen molar-refractivity contribution in [3.05, 3.63) is 60.7 Å². The highest BCUT2D eigenvalue weighted by molar-refractivity contribution is 5.92. The van der Waals surface area contributed by atoms with Crippen LogP contribution in [0, 0.1) is 5.92 Å². The van der Waals surface area contributed by atoms with E-state index in [2.05, 4.69) is 25.6 Å². The number of nitrogens with one attached hydrogen (secondary N) is 2. The van der Waals surface area contributed by atoms with E-state index in [0.29, 0.717) is 11.8 Å². The molecule has 2 N–H and O–H groups in total. The van der Waals surface area contributed by atoms with Crippen molar-refractivity contribution in [2.24, 2.45) is 5.92 Å². The number of hydrogen-bond acceptors (Lipinski definition) is 5. The minimum atomic E-state index is -0.0316. The van der Waals surface area contributed by atoms with E-state index in [1.54, 1.807) is 0 Å². The van der Waals surface area contributed by atoms with Gasteiger partial charge in [-0.3, -0.25) is 10.1 Å². The fourth-order valence-corrected chi connectivity index (χ4v) is 2.41. The van der Waals surface area contributed by atoms with Gasteiger partial charge in [0.1, 0.15) is 0 Å². The van der Waals surface area contributed by atoms with E-state index in [1.165, 1.54) is 0 Å². The molecular weight excluding hydrogens is 314 g/mol. The molecular formula is C19H17N5O. The van der Waals surface area contributed by atoms with Gasteiger partial charge >= 0.3 is 0 Å². The molecule has 1 saturated carbocycles. The van der Waals surface area contributed by atoms with E-state index in [1.807, 2.05) is 60.7 Å². The van der Waals surface area contributed by atoms with Gasteiger partial charge in [0.15, 0.2) is 5.82 Å². The Morgan fingerprint density at radius 2 is 1.48 bits per heavy atom. The summed E-state index contributed by atoms with van der Waals surface area (Å²) in [6.45, 7) is 0. The summed E-state index contributed by atoms with van der Waals surface area (Å²) in [7, 11) is 0. The van der Waals surface area contributed by atoms with Gasteiger partial charge in [0, 0.05) is 17.2 Å². The third-order valence-electron chi connectivity index (χ3n) is 3.88. The Labute approximate surface area is 145 Å². The first-order valence-corrected chi connectivity index (χ1v) is 8.22. The van der Waals surface area contributed by atoms with Crippen LogP contribution in [0.25, 0.3) is 11.4 Å². The van der Waals surface area contributed by atoms with Crippen LogP contribution in [0.1, 0.15) is 12.8 Å². The molecule has 25 heavy (non-hydrogen) atoms. The topological polar surface area (TPSA) is 79.8 Å². The number of amides is 1. The monoisotopic (exact) mass is 331 g/mol. The lowest BCUT2D eigenvalue weighted by atomic mass is 10.2. The third-order valence-corrected chi connectivity index (χ3v) is 3.88. The van der Waals surface area contributed by atoms with Gasteiger partial charge in [0.2, 0.25) is 17.8 Å². The first-order valence-electron chi connectivity index (χ1n) is 8.22. The first-order chi connectivity index (χ1) is 12.3. The minimum Gasteiger partial charge on any atom is -0.324 e. The average molecular weight is 331 g/mol. The van der Waals surface area contributed by atoms with Crippen molar-refractivity contribution >= 4 is 23.5 Å². The molecule has 0 aliphatic heterocycles. The summed E-state index contributed by atoms with van der Waals surface area (Å²) < 4.78 is 0. The Balaban J connectivity index is 1.68. The number of nitrogens with zero attached hydrogens (tertiary/aromatic N) is 3. The van der Waals surface area contributed by atoms with Crippen molar-refractivity contribution in [2.75, 3.05) is 10.6 Å². The maximum absolute atomic E-state index is 12.1. The van der Waals surface area contributed by atoms with Crippen LogP contribution < -0.4 is 10.6 Å². The van der Waals surface area contributed by atoms with Crippen LogP contribution in [0.3, 0.4) is 0 Å². The number of para-hydroxylation sites is 1. The molecule has 2 aromatic carbocycles. The summed E-state index contributed by atoms with van der Waals surface area (Å²) in [6, 6.07) is 19.3. The summed E-state index contributed by atoms with van der Waals surface area (Å²) in [5, 5.41) is 5.96. The second-order valence-corrected chi connectivity index (χ2v) is 5.93. The molecule has 4 rings (SSSR count). The number of anilines is 3. The number of hydrogen-bond donors (Lipinski definition) is 2. The molecule has 0 atom stereocenters. The van der Waals surface area contributed by atoms with Crippen LogP contribution >= 0.6 is 0 Å². The Morgan fingerprint density at radius 1 is 0.840 bits per heavy atom. The average Bonchev–Trinajstić information content (AvgIpc) is 3.48. The molecule has 1 aliphatic carbocycles. The Kier molecular flexibility index (Phi) is 4.08. The van der Waals surface area contributed by atoms with E-state index in [9.17, 15) is 4.79 Å². The van der Waals surface area contributed by atoms with Crippen molar-refractivity contribution in [3.8, 4) is 11.4 Å². The van der Waals surface area contributed by atoms with Crippen molar-refractivity contribution in [3.63, 3.8) is 0 Å². The Morgan fingerprint density at radius 3 is 2.16 bits per heavy atom. The zero-order chi connectivity index (χ0) is 17.1. The van der Waals surface area contributed by atoms with Gasteiger partial charge in [-0.15, -0.1) is 0 Å². The van der Waals surface area contributed by atoms with Crippen molar-refractivity contribution in [2.45, 2.75) is 12.8 Å². The molecule has 0 spiro atoms. The minimum absolute atomic E-state index is 0.0316. The van der Waals surface area contributed by atoms with Gasteiger partial charge < -0.3 is 5.32 Å². The molecule has 124 valence electrons. The lowest BCUT2D eigenvalue weighted by Gasteiger charge is -2.10. The summed E-state index contributed by atoms with van der Waals surface area (Å²) in [5.41, 5.74) is 1.73. The van der Waals surface area contributed by atoms with Gasteiger partial charge in [-0.1, -0.05) is 48.5 Å². The fraction of sp³-hybridized carbons (Fsp3) is 0.158. The molecule has 3 aromatic rings. The molecule has 0 saturated heterocycles. The smallest absolute Gasteiger partial charge is 0.234 e.